The van der Waals surface area contributed by atoms with Gasteiger partial charge in [0.25, 0.3) is 0 Å². The smallest absolute Gasteiger partial charge is 0.115 e. The van der Waals surface area contributed by atoms with Gasteiger partial charge in [0.15, 0.2) is 0 Å². The average molecular weight is 106 g/mol. The lowest BCUT2D eigenvalue weighted by atomic mass is 10.3. The van der Waals surface area contributed by atoms with Crippen LogP contribution in [0.15, 0.2) is 12.4 Å². The largest absolute Gasteiger partial charge is 0.241 e. The van der Waals surface area contributed by atoms with Gasteiger partial charge in [-0.05, 0) is 18.9 Å². The molecule has 0 aromatic carbocycles. The van der Waals surface area contributed by atoms with E-state index < -0.39 is 0 Å². The van der Waals surface area contributed by atoms with E-state index in [2.05, 4.69) is 16.0 Å². The van der Waals surface area contributed by atoms with Crippen LogP contribution in [0.25, 0.3) is 0 Å². The molecule has 0 N–H and O–H groups in total. The highest BCUT2D eigenvalue weighted by Crippen LogP contribution is 2.09. The Morgan fingerprint density at radius 3 is 2.25 bits per heavy atom. The van der Waals surface area contributed by atoms with E-state index in [1.54, 1.807) is 6.33 Å². The van der Waals surface area contributed by atoms with Crippen molar-refractivity contribution >= 4 is 0 Å². The molecule has 0 atom stereocenters. The molecule has 1 aromatic rings. The summed E-state index contributed by atoms with van der Waals surface area (Å²) in [5, 5.41) is 0. The molecule has 0 radical (unpaired) electrons. The van der Waals surface area contributed by atoms with E-state index in [1.165, 1.54) is 11.4 Å². The summed E-state index contributed by atoms with van der Waals surface area (Å²) < 4.78 is 0. The quantitative estimate of drug-likeness (QED) is 0.483. The first-order valence-corrected chi connectivity index (χ1v) is 2.75. The first kappa shape index (κ1) is 4.01. The van der Waals surface area contributed by atoms with Crippen molar-refractivity contribution in [1.82, 2.24) is 9.97 Å². The zero-order chi connectivity index (χ0) is 5.40. The van der Waals surface area contributed by atoms with E-state index in [0.29, 0.717) is 0 Å². The van der Waals surface area contributed by atoms with E-state index in [1.807, 2.05) is 0 Å². The van der Waals surface area contributed by atoms with Crippen LogP contribution in [0, 0.1) is 0 Å². The van der Waals surface area contributed by atoms with Gasteiger partial charge in [0, 0.05) is 11.4 Å². The molecule has 0 fully saturated rings. The van der Waals surface area contributed by atoms with Gasteiger partial charge in [0.2, 0.25) is 0 Å². The van der Waals surface area contributed by atoms with Gasteiger partial charge in [-0.3, -0.25) is 0 Å². The number of hydrogen-bond acceptors (Lipinski definition) is 2. The van der Waals surface area contributed by atoms with E-state index in [4.69, 9.17) is 0 Å². The molecule has 1 aromatic heterocycles. The third kappa shape index (κ3) is 0.427. The van der Waals surface area contributed by atoms with Gasteiger partial charge in [-0.15, -0.1) is 0 Å². The Balaban J connectivity index is 2.66. The summed E-state index contributed by atoms with van der Waals surface area (Å²) in [6.07, 6.45) is 3.82. The predicted octanol–water partition coefficient (Wildman–Crippen LogP) is 0.575. The lowest BCUT2D eigenvalue weighted by Gasteiger charge is -1.81. The van der Waals surface area contributed by atoms with Crippen molar-refractivity contribution in [2.45, 2.75) is 12.8 Å². The number of aryl methyl sites for hydroxylation is 2. The van der Waals surface area contributed by atoms with Crippen LogP contribution in [0.4, 0.5) is 0 Å². The minimum Gasteiger partial charge on any atom is -0.241 e. The second kappa shape index (κ2) is 1.28. The molecule has 2 nitrogen and oxygen atoms in total. The van der Waals surface area contributed by atoms with Crippen LogP contribution in [0.3, 0.4) is 0 Å². The topological polar surface area (TPSA) is 25.8 Å². The molecule has 40 valence electrons. The first-order valence-electron chi connectivity index (χ1n) is 2.75. The van der Waals surface area contributed by atoms with Crippen molar-refractivity contribution < 1.29 is 0 Å². The summed E-state index contributed by atoms with van der Waals surface area (Å²) in [5.74, 6) is 0. The third-order valence-electron chi connectivity index (χ3n) is 1.42. The summed E-state index contributed by atoms with van der Waals surface area (Å²) >= 11 is 0. The molecular weight excluding hydrogens is 100 g/mol. The Bertz CT molecular complexity index is 188. The first-order chi connectivity index (χ1) is 3.95. The summed E-state index contributed by atoms with van der Waals surface area (Å²) in [6, 6.07) is 2.06. The van der Waals surface area contributed by atoms with Crippen LogP contribution in [-0.4, -0.2) is 9.97 Å². The maximum Gasteiger partial charge on any atom is 0.115 e. The van der Waals surface area contributed by atoms with Gasteiger partial charge in [0.05, 0.1) is 0 Å². The molecule has 0 aliphatic heterocycles. The lowest BCUT2D eigenvalue weighted by Crippen LogP contribution is -1.78. The van der Waals surface area contributed by atoms with E-state index in [-0.39, 0.29) is 0 Å². The highest BCUT2D eigenvalue weighted by molar-refractivity contribution is 5.16. The fourth-order valence-electron chi connectivity index (χ4n) is 0.974. The zero-order valence-electron chi connectivity index (χ0n) is 4.46. The summed E-state index contributed by atoms with van der Waals surface area (Å²) in [6.45, 7) is 0. The van der Waals surface area contributed by atoms with Crippen molar-refractivity contribution in [3.8, 4) is 0 Å². The molecule has 1 aliphatic carbocycles. The molecule has 8 heavy (non-hydrogen) atoms. The van der Waals surface area contributed by atoms with Crippen molar-refractivity contribution in [2.75, 3.05) is 0 Å². The fourth-order valence-corrected chi connectivity index (χ4v) is 0.974. The average Bonchev–Trinajstić information content (AvgIpc) is 2.12. The number of nitrogens with zero attached hydrogens (tertiary/aromatic N) is 2. The molecule has 0 spiro atoms. The Labute approximate surface area is 47.6 Å². The molecule has 1 heterocycles. The SMILES string of the molecule is c1nc2cc(n1)CC2. The van der Waals surface area contributed by atoms with Gasteiger partial charge in [-0.25, -0.2) is 9.97 Å². The Morgan fingerprint density at radius 2 is 1.75 bits per heavy atom. The van der Waals surface area contributed by atoms with E-state index >= 15 is 0 Å². The van der Waals surface area contributed by atoms with E-state index in [0.717, 1.165) is 12.8 Å². The van der Waals surface area contributed by atoms with E-state index in [9.17, 15) is 0 Å². The molecule has 1 aliphatic rings. The predicted molar refractivity (Wildman–Crippen MR) is 29.4 cm³/mol. The van der Waals surface area contributed by atoms with Gasteiger partial charge >= 0.3 is 0 Å². The fraction of sp³-hybridized carbons (Fsp3) is 0.333. The van der Waals surface area contributed by atoms with Crippen LogP contribution in [-0.2, 0) is 12.8 Å². The molecule has 2 bridgehead atoms. The highest BCUT2D eigenvalue weighted by Gasteiger charge is 2.06. The molecular formula is C6H6N2. The van der Waals surface area contributed by atoms with Crippen molar-refractivity contribution in [3.05, 3.63) is 23.8 Å². The van der Waals surface area contributed by atoms with Gasteiger partial charge in [0.1, 0.15) is 6.33 Å². The van der Waals surface area contributed by atoms with Gasteiger partial charge in [-0.1, -0.05) is 0 Å². The maximum absolute atomic E-state index is 4.04. The van der Waals surface area contributed by atoms with Crippen LogP contribution in [0.1, 0.15) is 11.4 Å². The van der Waals surface area contributed by atoms with Gasteiger partial charge in [-0.2, -0.15) is 0 Å². The molecule has 0 saturated heterocycles. The second-order valence-corrected chi connectivity index (χ2v) is 2.00. The van der Waals surface area contributed by atoms with Crippen molar-refractivity contribution in [2.24, 2.45) is 0 Å². The van der Waals surface area contributed by atoms with Crippen LogP contribution < -0.4 is 0 Å². The molecule has 0 saturated carbocycles. The molecule has 2 rings (SSSR count). The number of fused-ring (bicyclic) bond motifs is 2. The maximum atomic E-state index is 4.04. The molecule has 0 unspecified atom stereocenters. The Hall–Kier alpha value is -0.920. The molecule has 0 amide bonds. The third-order valence-corrected chi connectivity index (χ3v) is 1.42. The Kier molecular flexibility index (Phi) is 0.640. The second-order valence-electron chi connectivity index (χ2n) is 2.00. The van der Waals surface area contributed by atoms with Crippen LogP contribution >= 0.6 is 0 Å². The summed E-state index contributed by atoms with van der Waals surface area (Å²) in [5.41, 5.74) is 2.38. The van der Waals surface area contributed by atoms with Crippen molar-refractivity contribution in [3.63, 3.8) is 0 Å². The highest BCUT2D eigenvalue weighted by atomic mass is 14.8. The zero-order valence-corrected chi connectivity index (χ0v) is 4.46. The standard InChI is InChI=1S/C6H6N2/c1-2-6-3-5(1)7-4-8-6/h3-4H,1-2H2. The van der Waals surface area contributed by atoms with Crippen molar-refractivity contribution in [1.29, 1.82) is 0 Å². The summed E-state index contributed by atoms with van der Waals surface area (Å²) in [7, 11) is 0. The molecule has 2 heteroatoms. The number of rotatable bonds is 0. The Morgan fingerprint density at radius 1 is 1.12 bits per heavy atom. The van der Waals surface area contributed by atoms with Crippen LogP contribution in [0.5, 0.6) is 0 Å². The minimum atomic E-state index is 1.09. The van der Waals surface area contributed by atoms with Gasteiger partial charge < -0.3 is 0 Å². The monoisotopic (exact) mass is 106 g/mol. The normalized spacial score (nSPS) is 14.5. The lowest BCUT2D eigenvalue weighted by molar-refractivity contribution is 0.984. The number of hydrogen-bond donors (Lipinski definition) is 0. The minimum absolute atomic E-state index is 1.09. The van der Waals surface area contributed by atoms with Crippen LogP contribution in [0.2, 0.25) is 0 Å². The summed E-state index contributed by atoms with van der Waals surface area (Å²) in [4.78, 5) is 8.08. The number of aromatic nitrogens is 2.